The molecular formula is C17H16FN3O2S. The van der Waals surface area contributed by atoms with E-state index in [-0.39, 0.29) is 5.82 Å². The Hall–Kier alpha value is -2.67. The highest BCUT2D eigenvalue weighted by atomic mass is 32.2. The molecule has 0 saturated carbocycles. The Bertz CT molecular complexity index is 791. The first-order valence-corrected chi connectivity index (χ1v) is 8.03. The molecule has 2 aromatic rings. The summed E-state index contributed by atoms with van der Waals surface area (Å²) >= 11 is 1.44. The van der Waals surface area contributed by atoms with Gasteiger partial charge in [0.15, 0.2) is 16.7 Å². The maximum Gasteiger partial charge on any atom is 0.184 e. The summed E-state index contributed by atoms with van der Waals surface area (Å²) < 4.78 is 23.5. The molecule has 7 heteroatoms. The van der Waals surface area contributed by atoms with Gasteiger partial charge in [-0.05, 0) is 36.4 Å². The van der Waals surface area contributed by atoms with Gasteiger partial charge >= 0.3 is 0 Å². The number of hydrazine groups is 1. The minimum Gasteiger partial charge on any atom is -0.493 e. The van der Waals surface area contributed by atoms with Crippen molar-refractivity contribution in [3.8, 4) is 11.5 Å². The van der Waals surface area contributed by atoms with Gasteiger partial charge in [-0.3, -0.25) is 10.9 Å². The minimum absolute atomic E-state index is 0.258. The lowest BCUT2D eigenvalue weighted by Gasteiger charge is -2.19. The Balaban J connectivity index is 1.76. The molecule has 2 N–H and O–H groups in total. The molecule has 0 spiro atoms. The Morgan fingerprint density at radius 3 is 2.33 bits per heavy atom. The lowest BCUT2D eigenvalue weighted by Crippen LogP contribution is -2.36. The maximum absolute atomic E-state index is 13.0. The summed E-state index contributed by atoms with van der Waals surface area (Å²) in [7, 11) is 3.18. The average molecular weight is 345 g/mol. The van der Waals surface area contributed by atoms with Crippen LogP contribution in [0, 0.1) is 5.82 Å². The number of hydrogen-bond donors (Lipinski definition) is 2. The number of amidine groups is 1. The lowest BCUT2D eigenvalue weighted by molar-refractivity contribution is 0.355. The molecule has 1 aliphatic heterocycles. The van der Waals surface area contributed by atoms with Gasteiger partial charge in [-0.1, -0.05) is 11.8 Å². The summed E-state index contributed by atoms with van der Waals surface area (Å²) in [5.74, 6) is 1.02. The molecule has 3 rings (SSSR count). The first kappa shape index (κ1) is 16.2. The second-order valence-electron chi connectivity index (χ2n) is 4.86. The molecule has 124 valence electrons. The Morgan fingerprint density at radius 2 is 1.71 bits per heavy atom. The van der Waals surface area contributed by atoms with Gasteiger partial charge < -0.3 is 9.47 Å². The zero-order valence-electron chi connectivity index (χ0n) is 13.2. The molecule has 0 aliphatic carbocycles. The van der Waals surface area contributed by atoms with Crippen LogP contribution in [-0.2, 0) is 0 Å². The zero-order valence-corrected chi connectivity index (χ0v) is 14.0. The van der Waals surface area contributed by atoms with Crippen LogP contribution in [0.4, 0.5) is 10.1 Å². The predicted molar refractivity (Wildman–Crippen MR) is 94.9 cm³/mol. The number of nitrogens with one attached hydrogen (secondary N) is 2. The van der Waals surface area contributed by atoms with Gasteiger partial charge in [0.25, 0.3) is 0 Å². The number of hydrogen-bond acceptors (Lipinski definition) is 5. The predicted octanol–water partition coefficient (Wildman–Crippen LogP) is 3.67. The van der Waals surface area contributed by atoms with Crippen molar-refractivity contribution in [1.29, 1.82) is 0 Å². The van der Waals surface area contributed by atoms with Crippen molar-refractivity contribution in [2.45, 2.75) is 0 Å². The van der Waals surface area contributed by atoms with Crippen LogP contribution in [-0.4, -0.2) is 19.4 Å². The third-order valence-electron chi connectivity index (χ3n) is 3.35. The van der Waals surface area contributed by atoms with E-state index in [9.17, 15) is 4.39 Å². The lowest BCUT2D eigenvalue weighted by atomic mass is 10.2. The number of benzene rings is 2. The molecular weight excluding hydrogens is 329 g/mol. The van der Waals surface area contributed by atoms with Crippen LogP contribution in [0.15, 0.2) is 52.9 Å². The second kappa shape index (κ2) is 7.27. The molecule has 0 fully saturated rings. The van der Waals surface area contributed by atoms with E-state index in [0.29, 0.717) is 16.7 Å². The molecule has 2 aromatic carbocycles. The van der Waals surface area contributed by atoms with E-state index in [2.05, 4.69) is 15.8 Å². The van der Waals surface area contributed by atoms with E-state index in [1.54, 1.807) is 38.5 Å². The molecule has 0 saturated heterocycles. The number of halogens is 1. The van der Waals surface area contributed by atoms with Gasteiger partial charge in [0, 0.05) is 17.0 Å². The number of thioether (sulfide) groups is 1. The fraction of sp³-hybridized carbons (Fsp3) is 0.118. The summed E-state index contributed by atoms with van der Waals surface area (Å²) in [5.41, 5.74) is 8.57. The van der Waals surface area contributed by atoms with Crippen molar-refractivity contribution in [3.63, 3.8) is 0 Å². The SMILES string of the molecule is COc1ccc(N=C2NNC(c3ccc(F)cc3)=CS2)cc1OC. The van der Waals surface area contributed by atoms with Crippen LogP contribution >= 0.6 is 11.8 Å². The molecule has 0 bridgehead atoms. The topological polar surface area (TPSA) is 54.9 Å². The Morgan fingerprint density at radius 1 is 0.958 bits per heavy atom. The fourth-order valence-corrected chi connectivity index (χ4v) is 2.82. The van der Waals surface area contributed by atoms with E-state index in [4.69, 9.17) is 9.47 Å². The summed E-state index contributed by atoms with van der Waals surface area (Å²) in [5, 5.41) is 2.61. The number of rotatable bonds is 4. The highest BCUT2D eigenvalue weighted by Gasteiger charge is 2.11. The average Bonchev–Trinajstić information content (AvgIpc) is 2.63. The molecule has 0 aromatic heterocycles. The van der Waals surface area contributed by atoms with Crippen molar-refractivity contribution in [2.75, 3.05) is 14.2 Å². The summed E-state index contributed by atoms with van der Waals surface area (Å²) in [6, 6.07) is 11.7. The standard InChI is InChI=1S/C17H16FN3O2S/c1-22-15-8-7-13(9-16(15)23-2)19-17-21-20-14(10-24-17)11-3-5-12(18)6-4-11/h3-10,20H,1-2H3,(H,19,21). The van der Waals surface area contributed by atoms with Crippen molar-refractivity contribution in [1.82, 2.24) is 10.9 Å². The van der Waals surface area contributed by atoms with Crippen LogP contribution in [0.3, 0.4) is 0 Å². The normalized spacial score (nSPS) is 15.3. The maximum atomic E-state index is 13.0. The first-order valence-electron chi connectivity index (χ1n) is 7.15. The molecule has 0 atom stereocenters. The van der Waals surface area contributed by atoms with E-state index >= 15 is 0 Å². The highest BCUT2D eigenvalue weighted by Crippen LogP contribution is 2.32. The van der Waals surface area contributed by atoms with E-state index in [1.807, 2.05) is 11.5 Å². The molecule has 0 unspecified atom stereocenters. The van der Waals surface area contributed by atoms with Gasteiger partial charge in [0.2, 0.25) is 0 Å². The van der Waals surface area contributed by atoms with Crippen molar-refractivity contribution in [3.05, 3.63) is 59.3 Å². The van der Waals surface area contributed by atoms with Gasteiger partial charge in [0.1, 0.15) is 5.82 Å². The second-order valence-corrected chi connectivity index (χ2v) is 5.72. The third-order valence-corrected chi connectivity index (χ3v) is 4.12. The quantitative estimate of drug-likeness (QED) is 0.885. The number of methoxy groups -OCH3 is 2. The summed E-state index contributed by atoms with van der Waals surface area (Å²) in [6.45, 7) is 0. The smallest absolute Gasteiger partial charge is 0.184 e. The van der Waals surface area contributed by atoms with E-state index < -0.39 is 0 Å². The van der Waals surface area contributed by atoms with Gasteiger partial charge in [-0.15, -0.1) is 0 Å². The summed E-state index contributed by atoms with van der Waals surface area (Å²) in [4.78, 5) is 4.51. The van der Waals surface area contributed by atoms with Crippen molar-refractivity contribution >= 4 is 28.3 Å². The monoisotopic (exact) mass is 345 g/mol. The van der Waals surface area contributed by atoms with Gasteiger partial charge in [0.05, 0.1) is 25.6 Å². The van der Waals surface area contributed by atoms with Crippen LogP contribution in [0.25, 0.3) is 5.70 Å². The van der Waals surface area contributed by atoms with E-state index in [0.717, 1.165) is 16.9 Å². The largest absolute Gasteiger partial charge is 0.493 e. The summed E-state index contributed by atoms with van der Waals surface area (Å²) in [6.07, 6.45) is 0. The van der Waals surface area contributed by atoms with Gasteiger partial charge in [-0.25, -0.2) is 9.38 Å². The van der Waals surface area contributed by atoms with E-state index in [1.165, 1.54) is 23.9 Å². The van der Waals surface area contributed by atoms with Crippen LogP contribution in [0.1, 0.15) is 5.56 Å². The molecule has 1 heterocycles. The molecule has 0 radical (unpaired) electrons. The molecule has 5 nitrogen and oxygen atoms in total. The fourth-order valence-electron chi connectivity index (χ4n) is 2.13. The van der Waals surface area contributed by atoms with Crippen LogP contribution in [0.5, 0.6) is 11.5 Å². The Labute approximate surface area is 143 Å². The molecule has 1 aliphatic rings. The number of nitrogens with zero attached hydrogens (tertiary/aromatic N) is 1. The highest BCUT2D eigenvalue weighted by molar-refractivity contribution is 8.16. The van der Waals surface area contributed by atoms with Crippen molar-refractivity contribution in [2.24, 2.45) is 4.99 Å². The Kier molecular flexibility index (Phi) is 4.90. The molecule has 24 heavy (non-hydrogen) atoms. The minimum atomic E-state index is -0.258. The number of aliphatic imine (C=N–C) groups is 1. The molecule has 0 amide bonds. The van der Waals surface area contributed by atoms with Crippen LogP contribution < -0.4 is 20.3 Å². The zero-order chi connectivity index (χ0) is 16.9. The first-order chi connectivity index (χ1) is 11.7. The van der Waals surface area contributed by atoms with Crippen LogP contribution in [0.2, 0.25) is 0 Å². The third kappa shape index (κ3) is 3.62. The van der Waals surface area contributed by atoms with Gasteiger partial charge in [-0.2, -0.15) is 0 Å². The number of ether oxygens (including phenoxy) is 2. The van der Waals surface area contributed by atoms with Crippen molar-refractivity contribution < 1.29 is 13.9 Å².